The summed E-state index contributed by atoms with van der Waals surface area (Å²) >= 11 is 6.15. The lowest BCUT2D eigenvalue weighted by Gasteiger charge is -2.12. The summed E-state index contributed by atoms with van der Waals surface area (Å²) in [6.45, 7) is 2.57. The van der Waals surface area contributed by atoms with Gasteiger partial charge in [-0.2, -0.15) is 0 Å². The van der Waals surface area contributed by atoms with Crippen molar-refractivity contribution in [1.82, 2.24) is 14.5 Å². The fourth-order valence-corrected chi connectivity index (χ4v) is 3.99. The number of aromatic amines is 1. The molecular weight excluding hydrogens is 410 g/mol. The molecule has 2 amide bonds. The summed E-state index contributed by atoms with van der Waals surface area (Å²) in [6.07, 6.45) is 5.80. The van der Waals surface area contributed by atoms with Crippen LogP contribution in [0, 0.1) is 6.92 Å². The number of anilines is 2. The summed E-state index contributed by atoms with van der Waals surface area (Å²) in [5.41, 5.74) is 5.33. The van der Waals surface area contributed by atoms with Crippen molar-refractivity contribution in [3.05, 3.63) is 89.3 Å². The van der Waals surface area contributed by atoms with Crippen LogP contribution in [-0.4, -0.2) is 20.6 Å². The smallest absolute Gasteiger partial charge is 0.323 e. The minimum absolute atomic E-state index is 0.312. The topological polar surface area (TPSA) is 74.7 Å². The van der Waals surface area contributed by atoms with Crippen LogP contribution in [0.2, 0.25) is 5.02 Å². The molecule has 0 fully saturated rings. The molecule has 0 spiro atoms. The summed E-state index contributed by atoms with van der Waals surface area (Å²) in [7, 11) is 0. The minimum Gasteiger partial charge on any atom is -0.346 e. The Balaban J connectivity index is 1.40. The molecule has 0 aliphatic rings. The van der Waals surface area contributed by atoms with Gasteiger partial charge in [0.25, 0.3) is 0 Å². The Morgan fingerprint density at radius 3 is 2.74 bits per heavy atom. The highest BCUT2D eigenvalue weighted by atomic mass is 35.5. The number of hydrogen-bond acceptors (Lipinski definition) is 2. The normalized spacial score (nSPS) is 11.2. The van der Waals surface area contributed by atoms with Crippen molar-refractivity contribution >= 4 is 50.9 Å². The monoisotopic (exact) mass is 429 g/mol. The lowest BCUT2D eigenvalue weighted by atomic mass is 10.2. The third-order valence-corrected chi connectivity index (χ3v) is 5.86. The zero-order valence-corrected chi connectivity index (χ0v) is 17.6. The number of halogens is 1. The summed E-state index contributed by atoms with van der Waals surface area (Å²) in [5, 5.41) is 8.53. The minimum atomic E-state index is -0.312. The summed E-state index contributed by atoms with van der Waals surface area (Å²) < 4.78 is 2.16. The van der Waals surface area contributed by atoms with Gasteiger partial charge in [-0.05, 0) is 60.5 Å². The van der Waals surface area contributed by atoms with Crippen molar-refractivity contribution < 1.29 is 4.79 Å². The third kappa shape index (κ3) is 3.62. The Bertz CT molecular complexity index is 1420. The number of rotatable bonds is 4. The zero-order valence-electron chi connectivity index (χ0n) is 16.8. The number of pyridine rings is 1. The molecule has 31 heavy (non-hydrogen) atoms. The molecule has 7 heteroatoms. The molecule has 0 unspecified atom stereocenters. The molecule has 3 aromatic heterocycles. The predicted octanol–water partition coefficient (Wildman–Crippen LogP) is 6.17. The van der Waals surface area contributed by atoms with E-state index in [1.165, 1.54) is 0 Å². The van der Waals surface area contributed by atoms with Crippen LogP contribution in [0.15, 0.2) is 73.2 Å². The molecule has 0 aliphatic heterocycles. The van der Waals surface area contributed by atoms with Crippen molar-refractivity contribution in [2.24, 2.45) is 0 Å². The average Bonchev–Trinajstić information content (AvgIpc) is 3.37. The third-order valence-electron chi connectivity index (χ3n) is 5.46. The maximum Gasteiger partial charge on any atom is 0.323 e. The van der Waals surface area contributed by atoms with Crippen molar-refractivity contribution in [2.75, 3.05) is 10.6 Å². The van der Waals surface area contributed by atoms with E-state index in [-0.39, 0.29) is 6.03 Å². The van der Waals surface area contributed by atoms with Gasteiger partial charge in [0.05, 0.1) is 11.2 Å². The van der Waals surface area contributed by atoms with Crippen molar-refractivity contribution in [3.8, 4) is 0 Å². The molecule has 0 radical (unpaired) electrons. The number of nitrogens with zero attached hydrogens (tertiary/aromatic N) is 2. The van der Waals surface area contributed by atoms with Gasteiger partial charge in [-0.25, -0.2) is 9.78 Å². The van der Waals surface area contributed by atoms with Crippen LogP contribution in [0.3, 0.4) is 0 Å². The number of hydrogen-bond donors (Lipinski definition) is 3. The Hall–Kier alpha value is -3.77. The molecule has 0 atom stereocenters. The van der Waals surface area contributed by atoms with Crippen LogP contribution >= 0.6 is 11.6 Å². The molecule has 0 saturated heterocycles. The molecule has 5 aromatic rings. The Labute approximate surface area is 183 Å². The van der Waals surface area contributed by atoms with E-state index in [1.54, 1.807) is 12.3 Å². The number of urea groups is 1. The van der Waals surface area contributed by atoms with Crippen LogP contribution in [0.1, 0.15) is 11.1 Å². The number of fused-ring (bicyclic) bond motifs is 2. The van der Waals surface area contributed by atoms with E-state index >= 15 is 0 Å². The maximum atomic E-state index is 12.6. The second-order valence-corrected chi connectivity index (χ2v) is 7.79. The molecule has 0 aliphatic carbocycles. The van der Waals surface area contributed by atoms with E-state index < -0.39 is 0 Å². The number of nitrogens with one attached hydrogen (secondary N) is 3. The molecular formula is C24H20ClN5O. The number of carbonyl (C=O) groups excluding carboxylic acids is 1. The average molecular weight is 430 g/mol. The fourth-order valence-electron chi connectivity index (χ4n) is 3.82. The fraction of sp³-hybridized carbons (Fsp3) is 0.0833. The van der Waals surface area contributed by atoms with Gasteiger partial charge in [-0.3, -0.25) is 0 Å². The first-order valence-electron chi connectivity index (χ1n) is 9.92. The van der Waals surface area contributed by atoms with E-state index in [1.807, 2.05) is 61.8 Å². The summed E-state index contributed by atoms with van der Waals surface area (Å²) in [5.74, 6) is 0. The summed E-state index contributed by atoms with van der Waals surface area (Å²) in [4.78, 5) is 20.2. The number of carbonyl (C=O) groups is 1. The number of H-pyrrole nitrogens is 1. The first-order valence-corrected chi connectivity index (χ1v) is 10.3. The zero-order chi connectivity index (χ0) is 21.4. The molecule has 154 valence electrons. The van der Waals surface area contributed by atoms with E-state index in [0.717, 1.165) is 38.8 Å². The van der Waals surface area contributed by atoms with Gasteiger partial charge in [0.2, 0.25) is 0 Å². The number of amides is 2. The number of aromatic nitrogens is 3. The molecule has 3 N–H and O–H groups in total. The standard InChI is InChI=1S/C24H20ClN5O/c1-15-19(25)6-2-7-20(15)28-24(31)29-21-8-3-9-22-18(21)10-12-30(22)14-16-13-27-23-17(16)5-4-11-26-23/h2-13H,14H2,1H3,(H,26,27)(H2,28,29,31). The molecule has 6 nitrogen and oxygen atoms in total. The number of benzene rings is 2. The first-order chi connectivity index (χ1) is 15.1. The highest BCUT2D eigenvalue weighted by Gasteiger charge is 2.12. The summed E-state index contributed by atoms with van der Waals surface area (Å²) in [6, 6.07) is 17.0. The van der Waals surface area contributed by atoms with Crippen molar-refractivity contribution in [3.63, 3.8) is 0 Å². The van der Waals surface area contributed by atoms with Gasteiger partial charge in [0.1, 0.15) is 5.65 Å². The van der Waals surface area contributed by atoms with Crippen molar-refractivity contribution in [2.45, 2.75) is 13.5 Å². The van der Waals surface area contributed by atoms with Gasteiger partial charge >= 0.3 is 6.03 Å². The largest absolute Gasteiger partial charge is 0.346 e. The van der Waals surface area contributed by atoms with E-state index in [2.05, 4.69) is 31.2 Å². The molecule has 3 heterocycles. The van der Waals surface area contributed by atoms with E-state index in [4.69, 9.17) is 11.6 Å². The molecule has 5 rings (SSSR count). The SMILES string of the molecule is Cc1c(Cl)cccc1NC(=O)Nc1cccc2c1ccn2Cc1c[nH]c2ncccc12. The van der Waals surface area contributed by atoms with Gasteiger partial charge in [-0.15, -0.1) is 0 Å². The quantitative estimate of drug-likeness (QED) is 0.319. The van der Waals surface area contributed by atoms with Crippen LogP contribution in [0.25, 0.3) is 21.9 Å². The van der Waals surface area contributed by atoms with Gasteiger partial charge in [0.15, 0.2) is 0 Å². The second-order valence-electron chi connectivity index (χ2n) is 7.39. The van der Waals surface area contributed by atoms with Crippen LogP contribution < -0.4 is 10.6 Å². The second kappa shape index (κ2) is 7.81. The van der Waals surface area contributed by atoms with Crippen LogP contribution in [-0.2, 0) is 6.54 Å². The van der Waals surface area contributed by atoms with Gasteiger partial charge < -0.3 is 20.2 Å². The first kappa shape index (κ1) is 19.2. The van der Waals surface area contributed by atoms with E-state index in [0.29, 0.717) is 17.3 Å². The highest BCUT2D eigenvalue weighted by molar-refractivity contribution is 6.31. The van der Waals surface area contributed by atoms with Crippen LogP contribution in [0.4, 0.5) is 16.2 Å². The Kier molecular flexibility index (Phi) is 4.84. The van der Waals surface area contributed by atoms with E-state index in [9.17, 15) is 4.79 Å². The molecule has 0 bridgehead atoms. The Morgan fingerprint density at radius 1 is 1.03 bits per heavy atom. The Morgan fingerprint density at radius 2 is 1.84 bits per heavy atom. The van der Waals surface area contributed by atoms with Gasteiger partial charge in [-0.1, -0.05) is 23.7 Å². The van der Waals surface area contributed by atoms with Crippen molar-refractivity contribution in [1.29, 1.82) is 0 Å². The lowest BCUT2D eigenvalue weighted by Crippen LogP contribution is -2.20. The van der Waals surface area contributed by atoms with Crippen LogP contribution in [0.5, 0.6) is 0 Å². The molecule has 0 saturated carbocycles. The highest BCUT2D eigenvalue weighted by Crippen LogP contribution is 2.27. The molecule has 2 aromatic carbocycles. The maximum absolute atomic E-state index is 12.6. The lowest BCUT2D eigenvalue weighted by molar-refractivity contribution is 0.262. The van der Waals surface area contributed by atoms with Gasteiger partial charge in [0, 0.05) is 46.6 Å². The predicted molar refractivity (Wildman–Crippen MR) is 126 cm³/mol.